The highest BCUT2D eigenvalue weighted by Crippen LogP contribution is 2.62. The van der Waals surface area contributed by atoms with Crippen molar-refractivity contribution in [2.24, 2.45) is 0 Å². The molecule has 1 aromatic heterocycles. The molecular weight excluding hydrogens is 705 g/mol. The number of para-hydroxylation sites is 1. The Bertz CT molecular complexity index is 3180. The zero-order valence-corrected chi connectivity index (χ0v) is 31.7. The molecule has 1 spiro atoms. The molecule has 0 amide bonds. The van der Waals surface area contributed by atoms with Crippen LogP contribution >= 0.6 is 0 Å². The van der Waals surface area contributed by atoms with Crippen LogP contribution < -0.4 is 4.74 Å². The topological polar surface area (TPSA) is 35.0 Å². The summed E-state index contributed by atoms with van der Waals surface area (Å²) in [6, 6.07) is 63.5. The van der Waals surface area contributed by atoms with Crippen molar-refractivity contribution in [3.63, 3.8) is 0 Å². The fraction of sp³-hybridized carbons (Fsp3) is 0.0545. The molecule has 3 heteroatoms. The second-order valence-corrected chi connectivity index (χ2v) is 15.5. The molecule has 58 heavy (non-hydrogen) atoms. The van der Waals surface area contributed by atoms with Crippen LogP contribution in [0.15, 0.2) is 194 Å². The van der Waals surface area contributed by atoms with Crippen LogP contribution in [-0.2, 0) is 5.41 Å². The highest BCUT2D eigenvalue weighted by molar-refractivity contribution is 6.08. The highest BCUT2D eigenvalue weighted by atomic mass is 16.5. The molecule has 0 unspecified atom stereocenters. The lowest BCUT2D eigenvalue weighted by Gasteiger charge is -2.39. The van der Waals surface area contributed by atoms with Crippen LogP contribution in [0.1, 0.15) is 40.8 Å². The Morgan fingerprint density at radius 2 is 1.09 bits per heavy atom. The molecule has 0 radical (unpaired) electrons. The average molecular weight is 741 g/mol. The SMILES string of the molecule is C1=CCCC(c2cc(-c3ccc4c(ccc5ccccc54)c3)nc(-c3ccccc3-c3ccc4c(c3)C3(c5ccccc5O4)c4ccccc4-c4ccccc43)n2)=C1. The summed E-state index contributed by atoms with van der Waals surface area (Å²) >= 11 is 0. The molecular formula is C55H36N2O. The molecule has 2 aliphatic carbocycles. The predicted molar refractivity (Wildman–Crippen MR) is 237 cm³/mol. The molecule has 2 heterocycles. The van der Waals surface area contributed by atoms with Crippen LogP contribution in [0.3, 0.4) is 0 Å². The number of rotatable bonds is 4. The summed E-state index contributed by atoms with van der Waals surface area (Å²) < 4.78 is 6.77. The van der Waals surface area contributed by atoms with Crippen LogP contribution in [0.5, 0.6) is 11.5 Å². The Hall–Kier alpha value is -7.36. The van der Waals surface area contributed by atoms with Gasteiger partial charge in [-0.3, -0.25) is 0 Å². The summed E-state index contributed by atoms with van der Waals surface area (Å²) in [6.07, 6.45) is 8.51. The molecule has 0 saturated carbocycles. The van der Waals surface area contributed by atoms with Gasteiger partial charge >= 0.3 is 0 Å². The first-order chi connectivity index (χ1) is 28.7. The summed E-state index contributed by atoms with van der Waals surface area (Å²) in [5, 5.41) is 4.94. The monoisotopic (exact) mass is 740 g/mol. The standard InChI is InChI=1S/C55H36N2O/c1-2-15-36(16-3-1)50-34-51(39-28-30-42-37(32-39)27-26-35-14-4-5-17-40(35)42)57-54(56-50)45-21-7-6-18-41(45)38-29-31-53-49(33-38)55(48-24-12-13-25-52(48)58-53)46-22-10-8-19-43(46)44-20-9-11-23-47(44)55/h1-2,4-15,17-34H,3,16H2. The maximum Gasteiger partial charge on any atom is 0.161 e. The number of fused-ring (bicyclic) bond motifs is 12. The first kappa shape index (κ1) is 32.8. The van der Waals surface area contributed by atoms with Crippen molar-refractivity contribution < 1.29 is 4.74 Å². The van der Waals surface area contributed by atoms with Crippen LogP contribution in [0, 0.1) is 0 Å². The minimum Gasteiger partial charge on any atom is -0.457 e. The van der Waals surface area contributed by atoms with E-state index >= 15 is 0 Å². The van der Waals surface area contributed by atoms with E-state index in [4.69, 9.17) is 14.7 Å². The number of aromatic nitrogens is 2. The maximum atomic E-state index is 6.77. The number of hydrogen-bond acceptors (Lipinski definition) is 3. The third-order valence-corrected chi connectivity index (χ3v) is 12.4. The first-order valence-electron chi connectivity index (χ1n) is 20.1. The number of allylic oxidation sites excluding steroid dienone is 4. The smallest absolute Gasteiger partial charge is 0.161 e. The van der Waals surface area contributed by atoms with Crippen molar-refractivity contribution in [1.82, 2.24) is 9.97 Å². The molecule has 272 valence electrons. The molecule has 0 saturated heterocycles. The van der Waals surface area contributed by atoms with Crippen molar-refractivity contribution in [1.29, 1.82) is 0 Å². The average Bonchev–Trinajstić information content (AvgIpc) is 3.59. The molecule has 0 bridgehead atoms. The fourth-order valence-electron chi connectivity index (χ4n) is 9.82. The molecule has 3 nitrogen and oxygen atoms in total. The number of nitrogens with zero attached hydrogens (tertiary/aromatic N) is 2. The summed E-state index contributed by atoms with van der Waals surface area (Å²) in [6.45, 7) is 0. The van der Waals surface area contributed by atoms with Crippen molar-refractivity contribution >= 4 is 27.1 Å². The van der Waals surface area contributed by atoms with Crippen LogP contribution in [0.2, 0.25) is 0 Å². The largest absolute Gasteiger partial charge is 0.457 e. The van der Waals surface area contributed by atoms with Gasteiger partial charge in [0.25, 0.3) is 0 Å². The van der Waals surface area contributed by atoms with Gasteiger partial charge in [-0.1, -0.05) is 164 Å². The lowest BCUT2D eigenvalue weighted by Crippen LogP contribution is -2.32. The van der Waals surface area contributed by atoms with E-state index in [9.17, 15) is 0 Å². The first-order valence-corrected chi connectivity index (χ1v) is 20.1. The molecule has 1 aliphatic heterocycles. The Labute approximate surface area is 337 Å². The van der Waals surface area contributed by atoms with E-state index in [1.165, 1.54) is 49.4 Å². The molecule has 8 aromatic carbocycles. The second-order valence-electron chi connectivity index (χ2n) is 15.5. The molecule has 0 fully saturated rings. The summed E-state index contributed by atoms with van der Waals surface area (Å²) in [5.41, 5.74) is 14.1. The maximum absolute atomic E-state index is 6.77. The highest BCUT2D eigenvalue weighted by Gasteiger charge is 2.51. The Kier molecular flexibility index (Phi) is 7.27. The van der Waals surface area contributed by atoms with Crippen molar-refractivity contribution in [2.75, 3.05) is 0 Å². The van der Waals surface area contributed by atoms with E-state index in [-0.39, 0.29) is 0 Å². The number of ether oxygens (including phenoxy) is 1. The Balaban J connectivity index is 1.06. The van der Waals surface area contributed by atoms with Crippen molar-refractivity contribution in [3.8, 4) is 56.4 Å². The minimum absolute atomic E-state index is 0.547. The molecule has 12 rings (SSSR count). The molecule has 0 N–H and O–H groups in total. The van der Waals surface area contributed by atoms with Gasteiger partial charge in [-0.25, -0.2) is 9.97 Å². The molecule has 9 aromatic rings. The second kappa shape index (κ2) is 12.8. The van der Waals surface area contributed by atoms with Crippen LogP contribution in [0.25, 0.3) is 72.0 Å². The number of hydrogen-bond donors (Lipinski definition) is 0. The van der Waals surface area contributed by atoms with Crippen LogP contribution in [-0.4, -0.2) is 9.97 Å². The molecule has 3 aliphatic rings. The van der Waals surface area contributed by atoms with E-state index in [2.05, 4.69) is 194 Å². The van der Waals surface area contributed by atoms with Gasteiger partial charge < -0.3 is 4.74 Å². The third-order valence-electron chi connectivity index (χ3n) is 12.4. The fourth-order valence-corrected chi connectivity index (χ4v) is 9.82. The van der Waals surface area contributed by atoms with Crippen molar-refractivity contribution in [2.45, 2.75) is 18.3 Å². The minimum atomic E-state index is -0.547. The Morgan fingerprint density at radius 1 is 0.448 bits per heavy atom. The van der Waals surface area contributed by atoms with Gasteiger partial charge in [0, 0.05) is 22.3 Å². The van der Waals surface area contributed by atoms with E-state index in [1.54, 1.807) is 0 Å². The summed E-state index contributed by atoms with van der Waals surface area (Å²) in [4.78, 5) is 10.7. The summed E-state index contributed by atoms with van der Waals surface area (Å²) in [5.74, 6) is 2.47. The van der Waals surface area contributed by atoms with Gasteiger partial charge in [0.05, 0.1) is 16.8 Å². The quantitative estimate of drug-likeness (QED) is 0.169. The van der Waals surface area contributed by atoms with Gasteiger partial charge in [-0.2, -0.15) is 0 Å². The van der Waals surface area contributed by atoms with Gasteiger partial charge in [-0.05, 0) is 104 Å². The van der Waals surface area contributed by atoms with Gasteiger partial charge in [0.1, 0.15) is 11.5 Å². The van der Waals surface area contributed by atoms with Gasteiger partial charge in [-0.15, -0.1) is 0 Å². The third kappa shape index (κ3) is 4.86. The van der Waals surface area contributed by atoms with Crippen LogP contribution in [0.4, 0.5) is 0 Å². The Morgan fingerprint density at radius 3 is 1.90 bits per heavy atom. The lowest BCUT2D eigenvalue weighted by atomic mass is 9.65. The van der Waals surface area contributed by atoms with E-state index < -0.39 is 5.41 Å². The zero-order valence-electron chi connectivity index (χ0n) is 31.7. The summed E-state index contributed by atoms with van der Waals surface area (Å²) in [7, 11) is 0. The normalized spacial score (nSPS) is 14.4. The van der Waals surface area contributed by atoms with Crippen molar-refractivity contribution in [3.05, 3.63) is 222 Å². The molecule has 0 atom stereocenters. The number of benzene rings is 8. The van der Waals surface area contributed by atoms with E-state index in [0.29, 0.717) is 5.82 Å². The van der Waals surface area contributed by atoms with E-state index in [1.807, 2.05) is 0 Å². The van der Waals surface area contributed by atoms with Gasteiger partial charge in [0.2, 0.25) is 0 Å². The van der Waals surface area contributed by atoms with E-state index in [0.717, 1.165) is 69.1 Å². The lowest BCUT2D eigenvalue weighted by molar-refractivity contribution is 0.436. The van der Waals surface area contributed by atoms with Gasteiger partial charge in [0.15, 0.2) is 5.82 Å². The predicted octanol–water partition coefficient (Wildman–Crippen LogP) is 14.0. The zero-order chi connectivity index (χ0) is 38.2.